The summed E-state index contributed by atoms with van der Waals surface area (Å²) in [5.74, 6) is 0. The molecule has 0 aliphatic rings. The average molecular weight is 217 g/mol. The Labute approximate surface area is 71.7 Å². The lowest BCUT2D eigenvalue weighted by atomic mass is 10.7. The Morgan fingerprint density at radius 1 is 1.62 bits per heavy atom. The first-order chi connectivity index (χ1) is 3.83. The van der Waals surface area contributed by atoms with Crippen LogP contribution in [0, 0.1) is 0 Å². The Morgan fingerprint density at radius 2 is 2.38 bits per heavy atom. The second kappa shape index (κ2) is 3.36. The first-order valence-corrected chi connectivity index (χ1v) is 8.86. The summed E-state index contributed by atoms with van der Waals surface area (Å²) in [7, 11) is 1.22. The summed E-state index contributed by atoms with van der Waals surface area (Å²) < 4.78 is 3.14. The summed E-state index contributed by atoms with van der Waals surface area (Å²) in [6.07, 6.45) is 0. The standard InChI is InChI=1S/C4H5SSi.BrH.Mg/c6-4-2-1-3-5-4;;/h1-2H,6H3;1H;/q;;+1/p-1. The molecule has 0 saturated heterocycles. The van der Waals surface area contributed by atoms with Crippen LogP contribution >= 0.6 is 24.2 Å². The predicted molar refractivity (Wildman–Crippen MR) is 48.2 cm³/mol. The van der Waals surface area contributed by atoms with E-state index in [1.54, 1.807) is 7.51 Å². The van der Waals surface area contributed by atoms with Crippen molar-refractivity contribution in [2.24, 2.45) is 0 Å². The van der Waals surface area contributed by atoms with Crippen LogP contribution in [-0.2, 0) is 0 Å². The summed E-state index contributed by atoms with van der Waals surface area (Å²) >= 11 is 5.47. The van der Waals surface area contributed by atoms with Crippen LogP contribution in [0.1, 0.15) is 0 Å². The predicted octanol–water partition coefficient (Wildman–Crippen LogP) is -0.622. The largest absolute Gasteiger partial charge is 0.522 e. The summed E-state index contributed by atoms with van der Waals surface area (Å²) in [6, 6.07) is 4.48. The SMILES string of the molecule is [SiH3]c1cc[c]([Mg][Br])s1. The highest BCUT2D eigenvalue weighted by Gasteiger charge is 1.95. The first-order valence-electron chi connectivity index (χ1n) is 2.44. The zero-order chi connectivity index (χ0) is 5.98. The summed E-state index contributed by atoms with van der Waals surface area (Å²) in [4.78, 5) is 0. The highest BCUT2D eigenvalue weighted by atomic mass is 79.9. The minimum Gasteiger partial charge on any atom is -0.295 e. The van der Waals surface area contributed by atoms with Gasteiger partial charge in [-0.05, 0) is 4.50 Å². The highest BCUT2D eigenvalue weighted by Crippen LogP contribution is 1.88. The second-order valence-electron chi connectivity index (χ2n) is 1.65. The molecule has 1 aromatic heterocycles. The van der Waals surface area contributed by atoms with Crippen LogP contribution in [-0.4, -0.2) is 28.4 Å². The van der Waals surface area contributed by atoms with Crippen LogP contribution in [0.2, 0.25) is 0 Å². The normalized spacial score (nSPS) is 9.12. The van der Waals surface area contributed by atoms with Crippen LogP contribution in [0.3, 0.4) is 0 Å². The average Bonchev–Trinajstić information content (AvgIpc) is 2.14. The molecule has 0 atom stereocenters. The molecule has 0 saturated carbocycles. The molecule has 1 aromatic rings. The molecule has 1 heterocycles. The molecule has 0 fully saturated rings. The van der Waals surface area contributed by atoms with Crippen molar-refractivity contribution in [3.8, 4) is 0 Å². The van der Waals surface area contributed by atoms with Crippen molar-refractivity contribution in [1.82, 2.24) is 0 Å². The van der Waals surface area contributed by atoms with Crippen molar-refractivity contribution >= 4 is 60.2 Å². The van der Waals surface area contributed by atoms with E-state index in [1.165, 1.54) is 10.2 Å². The van der Waals surface area contributed by atoms with E-state index in [1.807, 2.05) is 11.3 Å². The van der Waals surface area contributed by atoms with Crippen molar-refractivity contribution in [3.63, 3.8) is 0 Å². The van der Waals surface area contributed by atoms with Crippen molar-refractivity contribution in [2.45, 2.75) is 0 Å². The Hall–Kier alpha value is 1.16. The molecule has 1 rings (SSSR count). The fraction of sp³-hybridized carbons (Fsp3) is 0. The molecule has 0 aromatic carbocycles. The van der Waals surface area contributed by atoms with E-state index in [0.29, 0.717) is 0 Å². The Bertz CT molecular complexity index is 176. The van der Waals surface area contributed by atoms with Gasteiger partial charge >= 0.3 is 18.2 Å². The van der Waals surface area contributed by atoms with Crippen molar-refractivity contribution in [2.75, 3.05) is 0 Å². The minimum atomic E-state index is -0.0347. The fourth-order valence-corrected chi connectivity index (χ4v) is 5.76. The van der Waals surface area contributed by atoms with E-state index in [4.69, 9.17) is 0 Å². The molecular formula is C4H5BrMgSSi. The van der Waals surface area contributed by atoms with Gasteiger partial charge in [-0.1, -0.05) is 12.1 Å². The number of hydrogen-bond donors (Lipinski definition) is 0. The van der Waals surface area contributed by atoms with Gasteiger partial charge in [0.1, 0.15) is 0 Å². The van der Waals surface area contributed by atoms with Gasteiger partial charge in [-0.15, -0.1) is 3.01 Å². The third-order valence-electron chi connectivity index (χ3n) is 0.928. The molecule has 0 N–H and O–H groups in total. The summed E-state index contributed by atoms with van der Waals surface area (Å²) in [5, 5.41) is 0. The van der Waals surface area contributed by atoms with Gasteiger partial charge in [0, 0.05) is 0 Å². The third-order valence-corrected chi connectivity index (χ3v) is 7.02. The molecule has 0 bridgehead atoms. The molecule has 0 radical (unpaired) electrons. The van der Waals surface area contributed by atoms with Gasteiger partial charge in [0.05, 0.1) is 10.2 Å². The zero-order valence-corrected chi connectivity index (χ0v) is 10.5. The Balaban J connectivity index is 2.84. The maximum Gasteiger partial charge on any atom is 0.522 e. The van der Waals surface area contributed by atoms with Gasteiger partial charge < -0.3 is 0 Å². The van der Waals surface area contributed by atoms with E-state index in [2.05, 4.69) is 25.0 Å². The van der Waals surface area contributed by atoms with E-state index in [9.17, 15) is 0 Å². The zero-order valence-electron chi connectivity index (χ0n) is 4.65. The molecule has 4 heteroatoms. The quantitative estimate of drug-likeness (QED) is 0.550. The van der Waals surface area contributed by atoms with Crippen molar-refractivity contribution < 1.29 is 0 Å². The van der Waals surface area contributed by atoms with Gasteiger partial charge in [0.15, 0.2) is 0 Å². The van der Waals surface area contributed by atoms with Gasteiger partial charge in [-0.25, -0.2) is 0 Å². The molecule has 40 valence electrons. The third kappa shape index (κ3) is 1.84. The first kappa shape index (κ1) is 7.27. The molecular weight excluding hydrogens is 212 g/mol. The van der Waals surface area contributed by atoms with Gasteiger partial charge in [-0.2, -0.15) is 11.3 Å². The van der Waals surface area contributed by atoms with E-state index < -0.39 is 0 Å². The maximum absolute atomic E-state index is 3.54. The Kier molecular flexibility index (Phi) is 3.06. The van der Waals surface area contributed by atoms with E-state index in [-0.39, 0.29) is 18.2 Å². The molecule has 0 amide bonds. The number of hydrogen-bond acceptors (Lipinski definition) is 1. The van der Waals surface area contributed by atoms with Gasteiger partial charge in [-0.3, -0.25) is 12.9 Å². The van der Waals surface area contributed by atoms with Gasteiger partial charge in [0.2, 0.25) is 0 Å². The Morgan fingerprint density at radius 3 is 2.62 bits per heavy atom. The molecule has 0 nitrogen and oxygen atoms in total. The van der Waals surface area contributed by atoms with Crippen LogP contribution in [0.4, 0.5) is 0 Å². The van der Waals surface area contributed by atoms with Crippen LogP contribution < -0.4 is 7.51 Å². The second-order valence-corrected chi connectivity index (χ2v) is 8.04. The van der Waals surface area contributed by atoms with Crippen LogP contribution in [0.15, 0.2) is 12.1 Å². The van der Waals surface area contributed by atoms with Crippen molar-refractivity contribution in [1.29, 1.82) is 0 Å². The fourth-order valence-electron chi connectivity index (χ4n) is 0.557. The molecule has 0 aliphatic carbocycles. The number of rotatable bonds is 1. The maximum atomic E-state index is 3.54. The lowest BCUT2D eigenvalue weighted by Gasteiger charge is -1.77. The molecule has 0 aliphatic heterocycles. The topological polar surface area (TPSA) is 0 Å². The lowest BCUT2D eigenvalue weighted by molar-refractivity contribution is 2.13. The van der Waals surface area contributed by atoms with Gasteiger partial charge in [0.25, 0.3) is 0 Å². The summed E-state index contributed by atoms with van der Waals surface area (Å²) in [5.41, 5.74) is 0. The lowest BCUT2D eigenvalue weighted by Crippen LogP contribution is -2.00. The monoisotopic (exact) mass is 216 g/mol. The highest BCUT2D eigenvalue weighted by molar-refractivity contribution is 9.23. The molecule has 0 spiro atoms. The van der Waals surface area contributed by atoms with Crippen LogP contribution in [0.25, 0.3) is 0 Å². The minimum absolute atomic E-state index is 0.0347. The van der Waals surface area contributed by atoms with Crippen molar-refractivity contribution in [3.05, 3.63) is 12.1 Å². The van der Waals surface area contributed by atoms with E-state index >= 15 is 0 Å². The molecule has 8 heavy (non-hydrogen) atoms. The number of thiophene rings is 1. The summed E-state index contributed by atoms with van der Waals surface area (Å²) in [6.45, 7) is 0. The molecule has 0 unspecified atom stereocenters. The number of halogens is 1. The van der Waals surface area contributed by atoms with Crippen LogP contribution in [0.5, 0.6) is 0 Å². The van der Waals surface area contributed by atoms with E-state index in [0.717, 1.165) is 0 Å². The smallest absolute Gasteiger partial charge is 0.295 e.